The number of anilines is 1. The Morgan fingerprint density at radius 2 is 2.05 bits per heavy atom. The Balaban J connectivity index is 1.78. The van der Waals surface area contributed by atoms with E-state index in [0.29, 0.717) is 11.5 Å². The number of rotatable bonds is 3. The number of hydrogen-bond donors (Lipinski definition) is 1. The van der Waals surface area contributed by atoms with E-state index < -0.39 is 0 Å². The molecule has 0 aromatic carbocycles. The fourth-order valence-electron chi connectivity index (χ4n) is 1.89. The molecule has 0 atom stereocenters. The van der Waals surface area contributed by atoms with Gasteiger partial charge in [-0.2, -0.15) is 0 Å². The molecule has 0 radical (unpaired) electrons. The van der Waals surface area contributed by atoms with Gasteiger partial charge in [0.1, 0.15) is 11.5 Å². The van der Waals surface area contributed by atoms with Crippen molar-refractivity contribution in [2.24, 2.45) is 7.05 Å². The van der Waals surface area contributed by atoms with Gasteiger partial charge in [-0.15, -0.1) is 0 Å². The molecule has 1 amide bonds. The Hall–Kier alpha value is -2.50. The zero-order chi connectivity index (χ0) is 14.1. The number of pyridine rings is 1. The number of nitrogens with one attached hydrogen (secondary N) is 1. The number of carbonyl (C=O) groups is 1. The predicted molar refractivity (Wildman–Crippen MR) is 73.6 cm³/mol. The maximum absolute atomic E-state index is 12.0. The molecular weight excluding hydrogens is 256 g/mol. The van der Waals surface area contributed by atoms with Gasteiger partial charge in [-0.05, 0) is 25.0 Å². The Kier molecular flexibility index (Phi) is 3.06. The molecule has 2 aromatic heterocycles. The molecular formula is C14H14N4O2. The third kappa shape index (κ3) is 2.45. The average molecular weight is 270 g/mol. The number of carbonyl (C=O) groups excluding carboxylic acids is 1. The molecule has 1 aliphatic rings. The monoisotopic (exact) mass is 270 g/mol. The molecule has 0 aliphatic heterocycles. The molecule has 6 heteroatoms. The van der Waals surface area contributed by atoms with Crippen molar-refractivity contribution in [3.8, 4) is 0 Å². The number of aromatic nitrogens is 3. The molecule has 1 N–H and O–H groups in total. The molecule has 1 fully saturated rings. The van der Waals surface area contributed by atoms with Crippen LogP contribution in [0.4, 0.5) is 5.69 Å². The molecule has 1 aliphatic carbocycles. The lowest BCUT2D eigenvalue weighted by molar-refractivity contribution is 0.102. The summed E-state index contributed by atoms with van der Waals surface area (Å²) in [6, 6.07) is 3.27. The summed E-state index contributed by atoms with van der Waals surface area (Å²) in [6.45, 7) is 0. The van der Waals surface area contributed by atoms with Gasteiger partial charge in [0.25, 0.3) is 11.5 Å². The zero-order valence-corrected chi connectivity index (χ0v) is 11.0. The molecule has 0 spiro atoms. The van der Waals surface area contributed by atoms with E-state index in [4.69, 9.17) is 0 Å². The van der Waals surface area contributed by atoms with E-state index in [2.05, 4.69) is 15.3 Å². The highest BCUT2D eigenvalue weighted by atomic mass is 16.2. The van der Waals surface area contributed by atoms with Crippen molar-refractivity contribution < 1.29 is 4.79 Å². The van der Waals surface area contributed by atoms with Gasteiger partial charge < -0.3 is 9.88 Å². The smallest absolute Gasteiger partial charge is 0.274 e. The van der Waals surface area contributed by atoms with Crippen LogP contribution in [0.15, 0.2) is 35.5 Å². The van der Waals surface area contributed by atoms with Crippen LogP contribution < -0.4 is 10.9 Å². The highest BCUT2D eigenvalue weighted by Crippen LogP contribution is 2.37. The Morgan fingerprint density at radius 1 is 1.35 bits per heavy atom. The second-order valence-corrected chi connectivity index (χ2v) is 4.90. The van der Waals surface area contributed by atoms with Crippen molar-refractivity contribution in [1.29, 1.82) is 0 Å². The van der Waals surface area contributed by atoms with E-state index in [0.717, 1.165) is 18.7 Å². The van der Waals surface area contributed by atoms with Crippen LogP contribution >= 0.6 is 0 Å². The standard InChI is InChI=1S/C14H14N4O2/c1-18-6-2-3-11(14(18)20)17-13(19)10-7-15-12(16-8-10)9-4-5-9/h2-3,6-9H,4-5H2,1H3,(H,17,19). The number of hydrogen-bond acceptors (Lipinski definition) is 4. The van der Waals surface area contributed by atoms with Crippen molar-refractivity contribution in [3.63, 3.8) is 0 Å². The number of nitrogens with zero attached hydrogens (tertiary/aromatic N) is 3. The van der Waals surface area contributed by atoms with E-state index in [1.54, 1.807) is 25.4 Å². The fourth-order valence-corrected chi connectivity index (χ4v) is 1.89. The molecule has 2 heterocycles. The molecule has 0 unspecified atom stereocenters. The largest absolute Gasteiger partial charge is 0.317 e. The van der Waals surface area contributed by atoms with Gasteiger partial charge in [0.05, 0.1) is 5.56 Å². The molecule has 0 bridgehead atoms. The third-order valence-corrected chi connectivity index (χ3v) is 3.25. The number of amides is 1. The van der Waals surface area contributed by atoms with Crippen molar-refractivity contribution >= 4 is 11.6 Å². The second kappa shape index (κ2) is 4.88. The van der Waals surface area contributed by atoms with Gasteiger partial charge >= 0.3 is 0 Å². The maximum atomic E-state index is 12.0. The minimum atomic E-state index is -0.379. The highest BCUT2D eigenvalue weighted by molar-refractivity contribution is 6.03. The fraction of sp³-hybridized carbons (Fsp3) is 0.286. The van der Waals surface area contributed by atoms with E-state index in [9.17, 15) is 9.59 Å². The van der Waals surface area contributed by atoms with Gasteiger partial charge in [0.15, 0.2) is 0 Å². The predicted octanol–water partition coefficient (Wildman–Crippen LogP) is 1.30. The van der Waals surface area contributed by atoms with Crippen LogP contribution in [0, 0.1) is 0 Å². The van der Waals surface area contributed by atoms with Gasteiger partial charge in [-0.3, -0.25) is 9.59 Å². The molecule has 6 nitrogen and oxygen atoms in total. The SMILES string of the molecule is Cn1cccc(NC(=O)c2cnc(C3CC3)nc2)c1=O. The topological polar surface area (TPSA) is 76.9 Å². The van der Waals surface area contributed by atoms with Gasteiger partial charge in [-0.25, -0.2) is 9.97 Å². The summed E-state index contributed by atoms with van der Waals surface area (Å²) in [4.78, 5) is 32.2. The minimum absolute atomic E-state index is 0.242. The summed E-state index contributed by atoms with van der Waals surface area (Å²) >= 11 is 0. The lowest BCUT2D eigenvalue weighted by Crippen LogP contribution is -2.23. The van der Waals surface area contributed by atoms with Gasteiger partial charge in [0, 0.05) is 31.6 Å². The van der Waals surface area contributed by atoms with E-state index in [-0.39, 0.29) is 17.2 Å². The lowest BCUT2D eigenvalue weighted by atomic mass is 10.3. The van der Waals surface area contributed by atoms with Crippen LogP contribution in [0.1, 0.15) is 34.9 Å². The van der Waals surface area contributed by atoms with E-state index >= 15 is 0 Å². The molecule has 3 rings (SSSR count). The maximum Gasteiger partial charge on any atom is 0.274 e. The van der Waals surface area contributed by atoms with Crippen LogP contribution in [0.3, 0.4) is 0 Å². The number of aryl methyl sites for hydroxylation is 1. The van der Waals surface area contributed by atoms with Gasteiger partial charge in [0.2, 0.25) is 0 Å². The van der Waals surface area contributed by atoms with E-state index in [1.165, 1.54) is 17.0 Å². The quantitative estimate of drug-likeness (QED) is 0.912. The van der Waals surface area contributed by atoms with E-state index in [1.807, 2.05) is 0 Å². The minimum Gasteiger partial charge on any atom is -0.317 e. The Morgan fingerprint density at radius 3 is 2.70 bits per heavy atom. The Labute approximate surface area is 115 Å². The van der Waals surface area contributed by atoms with Crippen LogP contribution in [-0.4, -0.2) is 20.4 Å². The summed E-state index contributed by atoms with van der Waals surface area (Å²) in [5.41, 5.74) is 0.336. The molecule has 2 aromatic rings. The summed E-state index contributed by atoms with van der Waals surface area (Å²) < 4.78 is 1.41. The summed E-state index contributed by atoms with van der Waals surface area (Å²) in [5, 5.41) is 2.58. The first kappa shape index (κ1) is 12.5. The average Bonchev–Trinajstić information content (AvgIpc) is 3.29. The second-order valence-electron chi connectivity index (χ2n) is 4.90. The van der Waals surface area contributed by atoms with Crippen LogP contribution in [0.5, 0.6) is 0 Å². The van der Waals surface area contributed by atoms with Crippen LogP contribution in [-0.2, 0) is 7.05 Å². The summed E-state index contributed by atoms with van der Waals surface area (Å²) in [6.07, 6.45) is 6.87. The van der Waals surface area contributed by atoms with Crippen LogP contribution in [0.2, 0.25) is 0 Å². The zero-order valence-electron chi connectivity index (χ0n) is 11.0. The van der Waals surface area contributed by atoms with Gasteiger partial charge in [-0.1, -0.05) is 0 Å². The first-order valence-electron chi connectivity index (χ1n) is 6.44. The molecule has 0 saturated heterocycles. The molecule has 102 valence electrons. The van der Waals surface area contributed by atoms with Crippen molar-refractivity contribution in [2.75, 3.05) is 5.32 Å². The first-order chi connectivity index (χ1) is 9.65. The summed E-state index contributed by atoms with van der Waals surface area (Å²) in [7, 11) is 1.63. The first-order valence-corrected chi connectivity index (χ1v) is 6.44. The lowest BCUT2D eigenvalue weighted by Gasteiger charge is -2.06. The van der Waals surface area contributed by atoms with Crippen molar-refractivity contribution in [3.05, 3.63) is 52.5 Å². The summed E-state index contributed by atoms with van der Waals surface area (Å²) in [5.74, 6) is 0.862. The molecule has 20 heavy (non-hydrogen) atoms. The Bertz CT molecular complexity index is 702. The molecule has 1 saturated carbocycles. The van der Waals surface area contributed by atoms with Crippen molar-refractivity contribution in [2.45, 2.75) is 18.8 Å². The third-order valence-electron chi connectivity index (χ3n) is 3.25. The highest BCUT2D eigenvalue weighted by Gasteiger charge is 2.26. The van der Waals surface area contributed by atoms with Crippen LogP contribution in [0.25, 0.3) is 0 Å². The normalized spacial score (nSPS) is 14.1. The van der Waals surface area contributed by atoms with Crippen molar-refractivity contribution in [1.82, 2.24) is 14.5 Å².